The van der Waals surface area contributed by atoms with E-state index in [0.29, 0.717) is 24.3 Å². The number of phenols is 1. The Morgan fingerprint density at radius 2 is 2.25 bits per heavy atom. The smallest absolute Gasteiger partial charge is 0.115 e. The summed E-state index contributed by atoms with van der Waals surface area (Å²) in [5.41, 5.74) is 6.90. The van der Waals surface area contributed by atoms with Gasteiger partial charge in [-0.3, -0.25) is 0 Å². The van der Waals surface area contributed by atoms with E-state index in [-0.39, 0.29) is 0 Å². The summed E-state index contributed by atoms with van der Waals surface area (Å²) in [5, 5.41) is 13.0. The maximum Gasteiger partial charge on any atom is 0.115 e. The number of nitrogens with one attached hydrogen (secondary N) is 1. The molecule has 0 bridgehead atoms. The molecule has 1 aliphatic carbocycles. The molecule has 0 amide bonds. The van der Waals surface area contributed by atoms with Gasteiger partial charge in [-0.05, 0) is 30.5 Å². The highest BCUT2D eigenvalue weighted by molar-refractivity contribution is 5.30. The van der Waals surface area contributed by atoms with Crippen LogP contribution in [0.15, 0.2) is 24.3 Å². The predicted octanol–water partition coefficient (Wildman–Crippen LogP) is 1.58. The second kappa shape index (κ2) is 5.32. The highest BCUT2D eigenvalue weighted by atomic mass is 16.3. The third-order valence-corrected chi connectivity index (χ3v) is 3.38. The molecule has 0 heterocycles. The average Bonchev–Trinajstić information content (AvgIpc) is 2.22. The van der Waals surface area contributed by atoms with E-state index in [4.69, 9.17) is 5.73 Å². The van der Waals surface area contributed by atoms with E-state index >= 15 is 0 Å². The molecule has 88 valence electrons. The molecule has 4 N–H and O–H groups in total. The van der Waals surface area contributed by atoms with Gasteiger partial charge >= 0.3 is 0 Å². The molecule has 1 atom stereocenters. The molecule has 0 radical (unpaired) electrons. The zero-order valence-corrected chi connectivity index (χ0v) is 9.52. The Morgan fingerprint density at radius 3 is 2.81 bits per heavy atom. The van der Waals surface area contributed by atoms with Crippen molar-refractivity contribution < 1.29 is 5.11 Å². The fourth-order valence-corrected chi connectivity index (χ4v) is 2.04. The summed E-state index contributed by atoms with van der Waals surface area (Å²) < 4.78 is 0. The Kier molecular flexibility index (Phi) is 3.80. The Bertz CT molecular complexity index is 336. The molecule has 1 saturated carbocycles. The number of benzene rings is 1. The van der Waals surface area contributed by atoms with E-state index in [0.717, 1.165) is 12.1 Å². The molecule has 1 unspecified atom stereocenters. The maximum atomic E-state index is 9.43. The van der Waals surface area contributed by atoms with Crippen LogP contribution in [0.3, 0.4) is 0 Å². The normalized spacial score (nSPS) is 18.1. The molecule has 1 fully saturated rings. The van der Waals surface area contributed by atoms with Crippen molar-refractivity contribution in [3.8, 4) is 5.75 Å². The van der Waals surface area contributed by atoms with Crippen LogP contribution in [-0.4, -0.2) is 24.2 Å². The average molecular weight is 220 g/mol. The summed E-state index contributed by atoms with van der Waals surface area (Å²) >= 11 is 0. The number of rotatable bonds is 5. The fraction of sp³-hybridized carbons (Fsp3) is 0.538. The highest BCUT2D eigenvalue weighted by Crippen LogP contribution is 2.22. The highest BCUT2D eigenvalue weighted by Gasteiger charge is 2.18. The lowest BCUT2D eigenvalue weighted by molar-refractivity contribution is 0.332. The number of hydrogen-bond donors (Lipinski definition) is 3. The van der Waals surface area contributed by atoms with Crippen LogP contribution >= 0.6 is 0 Å². The van der Waals surface area contributed by atoms with Crippen molar-refractivity contribution in [2.45, 2.75) is 31.2 Å². The Hall–Kier alpha value is -1.06. The van der Waals surface area contributed by atoms with E-state index in [9.17, 15) is 5.11 Å². The topological polar surface area (TPSA) is 58.3 Å². The number of aromatic hydroxyl groups is 1. The SMILES string of the molecule is NCC(CNC1CCC1)c1cccc(O)c1. The largest absolute Gasteiger partial charge is 0.508 e. The van der Waals surface area contributed by atoms with Gasteiger partial charge in [-0.15, -0.1) is 0 Å². The molecule has 0 aromatic heterocycles. The number of nitrogens with two attached hydrogens (primary N) is 1. The summed E-state index contributed by atoms with van der Waals surface area (Å²) in [7, 11) is 0. The van der Waals surface area contributed by atoms with Gasteiger partial charge in [0.25, 0.3) is 0 Å². The van der Waals surface area contributed by atoms with Crippen molar-refractivity contribution in [3.63, 3.8) is 0 Å². The second-order valence-corrected chi connectivity index (χ2v) is 4.56. The molecule has 0 aliphatic heterocycles. The fourth-order valence-electron chi connectivity index (χ4n) is 2.04. The molecular formula is C13H20N2O. The van der Waals surface area contributed by atoms with Crippen LogP contribution in [0.4, 0.5) is 0 Å². The van der Waals surface area contributed by atoms with Gasteiger partial charge in [-0.25, -0.2) is 0 Å². The minimum Gasteiger partial charge on any atom is -0.508 e. The van der Waals surface area contributed by atoms with E-state index in [2.05, 4.69) is 5.32 Å². The molecule has 2 rings (SSSR count). The first-order chi connectivity index (χ1) is 7.79. The van der Waals surface area contributed by atoms with Crippen molar-refractivity contribution in [1.29, 1.82) is 0 Å². The quantitative estimate of drug-likeness (QED) is 0.706. The first-order valence-electron chi connectivity index (χ1n) is 6.02. The minimum atomic E-state index is 0.299. The third kappa shape index (κ3) is 2.74. The van der Waals surface area contributed by atoms with E-state index in [1.54, 1.807) is 12.1 Å². The predicted molar refractivity (Wildman–Crippen MR) is 65.5 cm³/mol. The molecule has 0 spiro atoms. The van der Waals surface area contributed by atoms with E-state index in [1.807, 2.05) is 12.1 Å². The van der Waals surface area contributed by atoms with Crippen molar-refractivity contribution in [2.24, 2.45) is 5.73 Å². The molecule has 0 saturated heterocycles. The van der Waals surface area contributed by atoms with Crippen molar-refractivity contribution in [2.75, 3.05) is 13.1 Å². The van der Waals surface area contributed by atoms with Crippen LogP contribution in [0, 0.1) is 0 Å². The summed E-state index contributed by atoms with van der Waals surface area (Å²) in [6, 6.07) is 8.08. The van der Waals surface area contributed by atoms with Gasteiger partial charge in [-0.2, -0.15) is 0 Å². The van der Waals surface area contributed by atoms with Crippen LogP contribution in [0.25, 0.3) is 0 Å². The molecule has 1 aliphatic rings. The summed E-state index contributed by atoms with van der Waals surface area (Å²) in [5.74, 6) is 0.618. The molecular weight excluding hydrogens is 200 g/mol. The molecule has 3 nitrogen and oxygen atoms in total. The summed E-state index contributed by atoms with van der Waals surface area (Å²) in [6.07, 6.45) is 3.92. The number of hydrogen-bond acceptors (Lipinski definition) is 3. The van der Waals surface area contributed by atoms with Crippen LogP contribution in [0.1, 0.15) is 30.7 Å². The van der Waals surface area contributed by atoms with Gasteiger partial charge in [0.15, 0.2) is 0 Å². The van der Waals surface area contributed by atoms with Gasteiger partial charge < -0.3 is 16.2 Å². The first-order valence-corrected chi connectivity index (χ1v) is 6.02. The van der Waals surface area contributed by atoms with Gasteiger partial charge in [0.05, 0.1) is 0 Å². The van der Waals surface area contributed by atoms with E-state index < -0.39 is 0 Å². The molecule has 16 heavy (non-hydrogen) atoms. The van der Waals surface area contributed by atoms with E-state index in [1.165, 1.54) is 19.3 Å². The third-order valence-electron chi connectivity index (χ3n) is 3.38. The van der Waals surface area contributed by atoms with Gasteiger partial charge in [-0.1, -0.05) is 18.6 Å². The summed E-state index contributed by atoms with van der Waals surface area (Å²) in [6.45, 7) is 1.52. The van der Waals surface area contributed by atoms with Crippen LogP contribution in [0.2, 0.25) is 0 Å². The maximum absolute atomic E-state index is 9.43. The minimum absolute atomic E-state index is 0.299. The number of phenolic OH excluding ortho intramolecular Hbond substituents is 1. The van der Waals surface area contributed by atoms with Gasteiger partial charge in [0.1, 0.15) is 5.75 Å². The molecule has 1 aromatic rings. The first kappa shape index (κ1) is 11.4. The molecule has 3 heteroatoms. The molecule has 1 aromatic carbocycles. The van der Waals surface area contributed by atoms with Crippen LogP contribution in [0.5, 0.6) is 5.75 Å². The zero-order valence-electron chi connectivity index (χ0n) is 9.52. The Morgan fingerprint density at radius 1 is 1.44 bits per heavy atom. The van der Waals surface area contributed by atoms with Crippen LogP contribution in [-0.2, 0) is 0 Å². The lowest BCUT2D eigenvalue weighted by Gasteiger charge is -2.28. The van der Waals surface area contributed by atoms with Crippen molar-refractivity contribution in [3.05, 3.63) is 29.8 Å². The lowest BCUT2D eigenvalue weighted by atomic mass is 9.91. The van der Waals surface area contributed by atoms with Gasteiger partial charge in [0, 0.05) is 25.0 Å². The van der Waals surface area contributed by atoms with Gasteiger partial charge in [0.2, 0.25) is 0 Å². The van der Waals surface area contributed by atoms with Crippen LogP contribution < -0.4 is 11.1 Å². The van der Waals surface area contributed by atoms with Crippen molar-refractivity contribution in [1.82, 2.24) is 5.32 Å². The summed E-state index contributed by atoms with van der Waals surface area (Å²) in [4.78, 5) is 0. The Balaban J connectivity index is 1.92. The van der Waals surface area contributed by atoms with Crippen molar-refractivity contribution >= 4 is 0 Å². The zero-order chi connectivity index (χ0) is 11.4. The Labute approximate surface area is 96.7 Å². The lowest BCUT2D eigenvalue weighted by Crippen LogP contribution is -2.39. The monoisotopic (exact) mass is 220 g/mol. The standard InChI is InChI=1S/C13H20N2O/c14-8-11(9-15-12-4-2-5-12)10-3-1-6-13(16)7-10/h1,3,6-7,11-12,15-16H,2,4-5,8-9,14H2. The second-order valence-electron chi connectivity index (χ2n) is 4.56.